The molecule has 0 radical (unpaired) electrons. The van der Waals surface area contributed by atoms with Crippen molar-refractivity contribution in [1.82, 2.24) is 51.0 Å². The predicted molar refractivity (Wildman–Crippen MR) is 119 cm³/mol. The first-order valence-electron chi connectivity index (χ1n) is 10.1. The van der Waals surface area contributed by atoms with Crippen LogP contribution in [0.2, 0.25) is 0 Å². The van der Waals surface area contributed by atoms with E-state index in [1.807, 2.05) is 0 Å². The number of carbonyl (C=O) groups excluding carboxylic acids is 2. The largest absolute Gasteiger partial charge is 0.477 e. The summed E-state index contributed by atoms with van der Waals surface area (Å²) in [7, 11) is 0. The molecule has 3 aromatic heterocycles. The Labute approximate surface area is 208 Å². The van der Waals surface area contributed by atoms with Crippen molar-refractivity contribution in [3.8, 4) is 0 Å². The van der Waals surface area contributed by atoms with Crippen LogP contribution in [0, 0.1) is 0 Å². The molecule has 2 atom stereocenters. The minimum Gasteiger partial charge on any atom is -0.477 e. The van der Waals surface area contributed by atoms with E-state index in [1.54, 1.807) is 0 Å². The van der Waals surface area contributed by atoms with E-state index in [0.717, 1.165) is 4.90 Å². The molecule has 2 aliphatic rings. The molecule has 1 fully saturated rings. The third-order valence-electron chi connectivity index (χ3n) is 5.17. The number of oxime groups is 1. The third kappa shape index (κ3) is 4.28. The number of H-pyrrole nitrogens is 1. The molecular formula is C17H15N11O6S2. The molecule has 17 nitrogen and oxygen atoms in total. The lowest BCUT2D eigenvalue weighted by Crippen LogP contribution is -2.71. The molecule has 0 aliphatic carbocycles. The van der Waals surface area contributed by atoms with Crippen LogP contribution in [0.3, 0.4) is 0 Å². The van der Waals surface area contributed by atoms with Gasteiger partial charge in [-0.25, -0.2) is 14.6 Å². The summed E-state index contributed by atoms with van der Waals surface area (Å²) in [6.45, 7) is 0.188. The molecule has 5 rings (SSSR count). The molecule has 2 amide bonds. The summed E-state index contributed by atoms with van der Waals surface area (Å²) < 4.78 is 6.52. The van der Waals surface area contributed by atoms with Gasteiger partial charge in [0.25, 0.3) is 11.8 Å². The number of thioether (sulfide) groups is 2. The van der Waals surface area contributed by atoms with E-state index in [9.17, 15) is 24.7 Å². The fourth-order valence-electron chi connectivity index (χ4n) is 3.56. The number of fused-ring (bicyclic) bond motifs is 1. The highest BCUT2D eigenvalue weighted by molar-refractivity contribution is 8.01. The van der Waals surface area contributed by atoms with E-state index in [4.69, 9.17) is 4.42 Å². The van der Waals surface area contributed by atoms with Crippen LogP contribution in [-0.4, -0.2) is 102 Å². The van der Waals surface area contributed by atoms with Crippen molar-refractivity contribution >= 4 is 47.0 Å². The van der Waals surface area contributed by atoms with E-state index >= 15 is 0 Å². The molecule has 0 saturated carbocycles. The summed E-state index contributed by atoms with van der Waals surface area (Å²) >= 11 is 2.49. The number of aromatic nitrogens is 8. The highest BCUT2D eigenvalue weighted by atomic mass is 32.2. The maximum Gasteiger partial charge on any atom is 0.352 e. The molecule has 0 aromatic carbocycles. The van der Waals surface area contributed by atoms with Crippen molar-refractivity contribution in [3.63, 3.8) is 0 Å². The van der Waals surface area contributed by atoms with Crippen molar-refractivity contribution in [1.29, 1.82) is 0 Å². The van der Waals surface area contributed by atoms with Gasteiger partial charge in [-0.05, 0) is 38.6 Å². The Morgan fingerprint density at radius 3 is 2.92 bits per heavy atom. The molecule has 1 saturated heterocycles. The van der Waals surface area contributed by atoms with E-state index in [-0.39, 0.29) is 23.8 Å². The topological polar surface area (TPSA) is 230 Å². The van der Waals surface area contributed by atoms with Crippen molar-refractivity contribution in [2.24, 2.45) is 5.16 Å². The van der Waals surface area contributed by atoms with Crippen LogP contribution >= 0.6 is 23.5 Å². The second-order valence-electron chi connectivity index (χ2n) is 7.30. The van der Waals surface area contributed by atoms with E-state index in [0.29, 0.717) is 22.3 Å². The van der Waals surface area contributed by atoms with Gasteiger partial charge < -0.3 is 20.0 Å². The normalized spacial score (nSPS) is 19.7. The quantitative estimate of drug-likeness (QED) is 0.0809. The summed E-state index contributed by atoms with van der Waals surface area (Å²) in [5, 5.41) is 49.1. The average molecular weight is 534 g/mol. The zero-order valence-electron chi connectivity index (χ0n) is 17.9. The molecule has 5 heterocycles. The van der Waals surface area contributed by atoms with Crippen molar-refractivity contribution in [3.05, 3.63) is 41.3 Å². The summed E-state index contributed by atoms with van der Waals surface area (Å²) in [5.41, 5.74) is -0.0600. The van der Waals surface area contributed by atoms with Gasteiger partial charge in [0.15, 0.2) is 11.6 Å². The minimum atomic E-state index is -1.27. The third-order valence-corrected chi connectivity index (χ3v) is 7.55. The fourth-order valence-corrected chi connectivity index (χ4v) is 5.92. The molecule has 0 unspecified atom stereocenters. The first kappa shape index (κ1) is 23.5. The molecule has 0 bridgehead atoms. The SMILES string of the molecule is O=C(O)C1=C(CSc2nnnn2Cc2nnn[nH]2)CS[C@@H]2[C@H](NC(=O)/C(=N/O)c3ccco3)C(=O)N12. The number of rotatable bonds is 9. The molecule has 36 heavy (non-hydrogen) atoms. The maximum atomic E-state index is 12.9. The molecular weight excluding hydrogens is 518 g/mol. The summed E-state index contributed by atoms with van der Waals surface area (Å²) in [6.07, 6.45) is 1.30. The van der Waals surface area contributed by atoms with Gasteiger partial charge in [0.05, 0.1) is 6.26 Å². The van der Waals surface area contributed by atoms with E-state index in [2.05, 4.69) is 46.6 Å². The number of aliphatic carboxylic acids is 1. The maximum absolute atomic E-state index is 12.9. The van der Waals surface area contributed by atoms with Crippen LogP contribution in [0.5, 0.6) is 0 Å². The number of nitrogens with zero attached hydrogens (tertiary/aromatic N) is 9. The second kappa shape index (κ2) is 9.77. The number of carbonyl (C=O) groups is 3. The Morgan fingerprint density at radius 2 is 2.22 bits per heavy atom. The Kier molecular flexibility index (Phi) is 6.38. The number of carboxylic acid groups (broad SMARTS) is 1. The number of tetrazole rings is 2. The van der Waals surface area contributed by atoms with E-state index < -0.39 is 34.9 Å². The van der Waals surface area contributed by atoms with Crippen LogP contribution in [0.15, 0.2) is 44.4 Å². The Morgan fingerprint density at radius 1 is 1.36 bits per heavy atom. The average Bonchev–Trinajstić information content (AvgIpc) is 3.65. The standard InChI is InChI=1S/C17H15N11O6S2/c29-13(10(22-33)8-2-1-3-34-8)18-11-14(30)28-12(16(31)32)7(5-35-15(11)28)6-36-17-21-25-26-27(17)4-9-19-23-24-20-9/h1-3,11,15,33H,4-6H2,(H,18,29)(H,31,32)(H,19,20,23,24)/b22-10+/t11-,15-/m1/s1. The summed E-state index contributed by atoms with van der Waals surface area (Å²) in [6, 6.07) is 1.93. The molecule has 3 aromatic rings. The highest BCUT2D eigenvalue weighted by Gasteiger charge is 2.54. The number of furan rings is 1. The van der Waals surface area contributed by atoms with Gasteiger partial charge >= 0.3 is 5.97 Å². The van der Waals surface area contributed by atoms with Crippen LogP contribution < -0.4 is 5.32 Å². The number of nitrogens with one attached hydrogen (secondary N) is 2. The first-order valence-corrected chi connectivity index (χ1v) is 12.1. The lowest BCUT2D eigenvalue weighted by molar-refractivity contribution is -0.150. The molecule has 2 aliphatic heterocycles. The summed E-state index contributed by atoms with van der Waals surface area (Å²) in [5.74, 6) is -1.75. The zero-order valence-corrected chi connectivity index (χ0v) is 19.5. The van der Waals surface area contributed by atoms with Crippen LogP contribution in [0.1, 0.15) is 11.6 Å². The zero-order chi connectivity index (χ0) is 25.2. The molecule has 0 spiro atoms. The summed E-state index contributed by atoms with van der Waals surface area (Å²) in [4.78, 5) is 38.6. The Balaban J connectivity index is 1.28. The van der Waals surface area contributed by atoms with Gasteiger partial charge in [-0.3, -0.25) is 14.5 Å². The lowest BCUT2D eigenvalue weighted by Gasteiger charge is -2.49. The number of hydrogen-bond acceptors (Lipinski definition) is 14. The number of aromatic amines is 1. The van der Waals surface area contributed by atoms with Crippen molar-refractivity contribution in [2.45, 2.75) is 23.1 Å². The Hall–Kier alpha value is -4.26. The van der Waals surface area contributed by atoms with Gasteiger partial charge in [0, 0.05) is 11.5 Å². The molecule has 19 heteroatoms. The predicted octanol–water partition coefficient (Wildman–Crippen LogP) is -1.46. The number of β-lactam (4-membered cyclic amide) rings is 1. The van der Waals surface area contributed by atoms with Crippen molar-refractivity contribution < 1.29 is 29.1 Å². The van der Waals surface area contributed by atoms with Gasteiger partial charge in [-0.2, -0.15) is 0 Å². The fraction of sp³-hybridized carbons (Fsp3) is 0.294. The van der Waals surface area contributed by atoms with Crippen LogP contribution in [0.4, 0.5) is 0 Å². The van der Waals surface area contributed by atoms with Gasteiger partial charge in [0.1, 0.15) is 23.7 Å². The number of hydrogen-bond donors (Lipinski definition) is 4. The smallest absolute Gasteiger partial charge is 0.352 e. The van der Waals surface area contributed by atoms with E-state index in [1.165, 1.54) is 46.6 Å². The second-order valence-corrected chi connectivity index (χ2v) is 9.35. The lowest BCUT2D eigenvalue weighted by atomic mass is 10.0. The van der Waals surface area contributed by atoms with Crippen LogP contribution in [-0.2, 0) is 20.9 Å². The van der Waals surface area contributed by atoms with Crippen LogP contribution in [0.25, 0.3) is 0 Å². The van der Waals surface area contributed by atoms with Gasteiger partial charge in [-0.1, -0.05) is 16.9 Å². The molecule has 186 valence electrons. The van der Waals surface area contributed by atoms with Crippen molar-refractivity contribution in [2.75, 3.05) is 11.5 Å². The highest BCUT2D eigenvalue weighted by Crippen LogP contribution is 2.41. The molecule has 4 N–H and O–H groups in total. The number of amides is 2. The monoisotopic (exact) mass is 533 g/mol. The number of carboxylic acids is 1. The van der Waals surface area contributed by atoms with Gasteiger partial charge in [-0.15, -0.1) is 22.0 Å². The minimum absolute atomic E-state index is 0.0160. The Bertz CT molecular complexity index is 1350. The van der Waals surface area contributed by atoms with Gasteiger partial charge in [0.2, 0.25) is 10.9 Å². The first-order chi connectivity index (χ1) is 17.5.